The summed E-state index contributed by atoms with van der Waals surface area (Å²) in [6.07, 6.45) is 5.74. The number of aromatic nitrogens is 1. The Balaban J connectivity index is 2.28. The molecule has 124 valence electrons. The van der Waals surface area contributed by atoms with Crippen LogP contribution in [0.25, 0.3) is 10.9 Å². The summed E-state index contributed by atoms with van der Waals surface area (Å²) >= 11 is 0. The summed E-state index contributed by atoms with van der Waals surface area (Å²) in [7, 11) is 1.43. The van der Waals surface area contributed by atoms with Gasteiger partial charge in [-0.15, -0.1) is 6.58 Å². The Bertz CT molecular complexity index is 857. The van der Waals surface area contributed by atoms with Crippen molar-refractivity contribution in [2.45, 2.75) is 44.4 Å². The Morgan fingerprint density at radius 3 is 3.00 bits per heavy atom. The summed E-state index contributed by atoms with van der Waals surface area (Å²) in [5.74, 6) is -0.208. The van der Waals surface area contributed by atoms with Gasteiger partial charge in [-0.25, -0.2) is 0 Å². The molecule has 0 spiro atoms. The molecule has 1 aliphatic rings. The molecule has 1 aromatic heterocycles. The number of allylic oxidation sites excluding steroid dienone is 1. The van der Waals surface area contributed by atoms with Crippen LogP contribution >= 0.6 is 0 Å². The number of nitrogens with one attached hydrogen (secondary N) is 1. The van der Waals surface area contributed by atoms with Gasteiger partial charge in [0.15, 0.2) is 0 Å². The Hall–Kier alpha value is -2.54. The smallest absolute Gasteiger partial charge is 0.306 e. The number of hydrogen-bond acceptors (Lipinski definition) is 3. The lowest BCUT2D eigenvalue weighted by Crippen LogP contribution is -2.33. The molecule has 1 aliphatic carbocycles. The molecular formula is C20H22N2O2. The number of methoxy groups -OCH3 is 1. The van der Waals surface area contributed by atoms with Gasteiger partial charge in [-0.1, -0.05) is 12.1 Å². The van der Waals surface area contributed by atoms with Gasteiger partial charge in [0, 0.05) is 16.5 Å². The molecule has 0 bridgehead atoms. The van der Waals surface area contributed by atoms with Gasteiger partial charge in [-0.2, -0.15) is 5.26 Å². The third-order valence-corrected chi connectivity index (χ3v) is 5.25. The van der Waals surface area contributed by atoms with Gasteiger partial charge in [-0.3, -0.25) is 4.79 Å². The van der Waals surface area contributed by atoms with Crippen LogP contribution in [0.1, 0.15) is 48.1 Å². The summed E-state index contributed by atoms with van der Waals surface area (Å²) in [5, 5.41) is 10.5. The van der Waals surface area contributed by atoms with E-state index in [2.05, 4.69) is 17.6 Å². The average molecular weight is 322 g/mol. The largest absolute Gasteiger partial charge is 0.469 e. The predicted octanol–water partition coefficient (Wildman–Crippen LogP) is 4.06. The van der Waals surface area contributed by atoms with Crippen molar-refractivity contribution in [3.05, 3.63) is 47.2 Å². The zero-order valence-corrected chi connectivity index (χ0v) is 14.2. The van der Waals surface area contributed by atoms with E-state index in [0.29, 0.717) is 18.4 Å². The summed E-state index contributed by atoms with van der Waals surface area (Å²) in [6, 6.07) is 6.17. The zero-order chi connectivity index (χ0) is 17.3. The summed E-state index contributed by atoms with van der Waals surface area (Å²) in [6.45, 7) is 5.94. The Kier molecular flexibility index (Phi) is 4.19. The first-order chi connectivity index (χ1) is 11.6. The number of nitrogens with zero attached hydrogens (tertiary/aromatic N) is 1. The van der Waals surface area contributed by atoms with Crippen molar-refractivity contribution in [2.24, 2.45) is 0 Å². The molecule has 0 aliphatic heterocycles. The highest BCUT2D eigenvalue weighted by Crippen LogP contribution is 2.46. The number of benzene rings is 1. The minimum atomic E-state index is -0.319. The quantitative estimate of drug-likeness (QED) is 0.682. The number of ether oxygens (including phenoxy) is 1. The first-order valence-electron chi connectivity index (χ1n) is 8.29. The second kappa shape index (κ2) is 6.16. The highest BCUT2D eigenvalue weighted by Gasteiger charge is 2.40. The Morgan fingerprint density at radius 2 is 2.33 bits per heavy atom. The number of aryl methyl sites for hydroxylation is 2. The topological polar surface area (TPSA) is 65.9 Å². The number of H-pyrrole nitrogens is 1. The van der Waals surface area contributed by atoms with Crippen LogP contribution in [-0.4, -0.2) is 18.1 Å². The number of nitriles is 1. The first kappa shape index (κ1) is 16.3. The van der Waals surface area contributed by atoms with Crippen LogP contribution in [0.5, 0.6) is 0 Å². The van der Waals surface area contributed by atoms with Crippen LogP contribution in [0, 0.1) is 18.3 Å². The van der Waals surface area contributed by atoms with E-state index in [4.69, 9.17) is 4.74 Å². The van der Waals surface area contributed by atoms with Gasteiger partial charge in [0.2, 0.25) is 0 Å². The van der Waals surface area contributed by atoms with E-state index >= 15 is 0 Å². The van der Waals surface area contributed by atoms with Crippen LogP contribution in [0.4, 0.5) is 0 Å². The molecule has 0 saturated carbocycles. The molecule has 0 fully saturated rings. The molecule has 0 radical (unpaired) electrons. The summed E-state index contributed by atoms with van der Waals surface area (Å²) in [5.41, 5.74) is 4.77. The molecule has 4 heteroatoms. The lowest BCUT2D eigenvalue weighted by Gasteiger charge is -2.36. The second-order valence-corrected chi connectivity index (χ2v) is 6.65. The molecule has 1 unspecified atom stereocenters. The van der Waals surface area contributed by atoms with Crippen LogP contribution in [0.2, 0.25) is 0 Å². The maximum Gasteiger partial charge on any atom is 0.306 e. The Morgan fingerprint density at radius 1 is 1.54 bits per heavy atom. The van der Waals surface area contributed by atoms with Crippen molar-refractivity contribution >= 4 is 16.9 Å². The van der Waals surface area contributed by atoms with E-state index in [-0.39, 0.29) is 11.4 Å². The monoisotopic (exact) mass is 322 g/mol. The van der Waals surface area contributed by atoms with E-state index < -0.39 is 0 Å². The molecule has 24 heavy (non-hydrogen) atoms. The molecule has 3 rings (SSSR count). The number of hydrogen-bond donors (Lipinski definition) is 1. The summed E-state index contributed by atoms with van der Waals surface area (Å²) in [4.78, 5) is 15.6. The molecular weight excluding hydrogens is 300 g/mol. The van der Waals surface area contributed by atoms with E-state index in [1.54, 1.807) is 0 Å². The minimum Gasteiger partial charge on any atom is -0.469 e. The van der Waals surface area contributed by atoms with Crippen molar-refractivity contribution in [1.29, 1.82) is 5.26 Å². The van der Waals surface area contributed by atoms with Crippen molar-refractivity contribution in [3.8, 4) is 6.07 Å². The third kappa shape index (κ3) is 2.41. The molecule has 1 atom stereocenters. The van der Waals surface area contributed by atoms with Crippen LogP contribution in [0.3, 0.4) is 0 Å². The molecule has 1 N–H and O–H groups in total. The van der Waals surface area contributed by atoms with Gasteiger partial charge < -0.3 is 9.72 Å². The third-order valence-electron chi connectivity index (χ3n) is 5.25. The number of carbonyl (C=O) groups is 1. The van der Waals surface area contributed by atoms with Crippen LogP contribution < -0.4 is 0 Å². The van der Waals surface area contributed by atoms with Crippen molar-refractivity contribution in [3.63, 3.8) is 0 Å². The van der Waals surface area contributed by atoms with Crippen LogP contribution in [-0.2, 0) is 21.4 Å². The number of carbonyl (C=O) groups excluding carboxylic acids is 1. The Labute approximate surface area is 142 Å². The van der Waals surface area contributed by atoms with E-state index in [1.165, 1.54) is 12.7 Å². The molecule has 0 amide bonds. The van der Waals surface area contributed by atoms with Crippen molar-refractivity contribution < 1.29 is 9.53 Å². The molecule has 4 nitrogen and oxygen atoms in total. The zero-order valence-electron chi connectivity index (χ0n) is 14.2. The number of fused-ring (bicyclic) bond motifs is 3. The highest BCUT2D eigenvalue weighted by atomic mass is 16.5. The maximum atomic E-state index is 12.1. The van der Waals surface area contributed by atoms with Gasteiger partial charge in [0.1, 0.15) is 0 Å². The highest BCUT2D eigenvalue weighted by molar-refractivity contribution is 5.93. The van der Waals surface area contributed by atoms with Crippen molar-refractivity contribution in [2.75, 3.05) is 7.11 Å². The normalized spacial score (nSPS) is 19.5. The van der Waals surface area contributed by atoms with Crippen molar-refractivity contribution in [1.82, 2.24) is 4.98 Å². The van der Waals surface area contributed by atoms with E-state index in [0.717, 1.165) is 41.4 Å². The van der Waals surface area contributed by atoms with E-state index in [1.807, 2.05) is 25.1 Å². The number of esters is 1. The number of aromatic amines is 1. The standard InChI is InChI=1S/C20H22N2O2/c1-4-9-20(11-16(23)24-3)10-5-6-15-17-14(12-21)8-7-13(2)18(17)22-19(15)20/h4,7-8,22H,1,5-6,9-11H2,2-3H3. The molecule has 1 heterocycles. The fourth-order valence-corrected chi connectivity index (χ4v) is 4.11. The SMILES string of the molecule is C=CCC1(CC(=O)OC)CCCc2c1[nH]c1c(C)ccc(C#N)c21. The maximum absolute atomic E-state index is 12.1. The minimum absolute atomic E-state index is 0.208. The average Bonchev–Trinajstić information content (AvgIpc) is 2.98. The number of rotatable bonds is 4. The predicted molar refractivity (Wildman–Crippen MR) is 93.8 cm³/mol. The second-order valence-electron chi connectivity index (χ2n) is 6.65. The summed E-state index contributed by atoms with van der Waals surface area (Å²) < 4.78 is 4.94. The van der Waals surface area contributed by atoms with Gasteiger partial charge in [0.25, 0.3) is 0 Å². The van der Waals surface area contributed by atoms with Gasteiger partial charge in [-0.05, 0) is 49.8 Å². The van der Waals surface area contributed by atoms with Crippen LogP contribution in [0.15, 0.2) is 24.8 Å². The molecule has 1 aromatic carbocycles. The van der Waals surface area contributed by atoms with E-state index in [9.17, 15) is 10.1 Å². The molecule has 2 aromatic rings. The van der Waals surface area contributed by atoms with Gasteiger partial charge >= 0.3 is 5.97 Å². The lowest BCUT2D eigenvalue weighted by atomic mass is 9.69. The first-order valence-corrected chi connectivity index (χ1v) is 8.29. The fraction of sp³-hybridized carbons (Fsp3) is 0.400. The van der Waals surface area contributed by atoms with Gasteiger partial charge in [0.05, 0.1) is 30.7 Å². The fourth-order valence-electron chi connectivity index (χ4n) is 4.11. The lowest BCUT2D eigenvalue weighted by molar-refractivity contribution is -0.142. The molecule has 0 saturated heterocycles.